The first-order valence-corrected chi connectivity index (χ1v) is 5.13. The van der Waals surface area contributed by atoms with Gasteiger partial charge in [-0.15, -0.1) is 0 Å². The highest BCUT2D eigenvalue weighted by atomic mass is 16.5. The fourth-order valence-corrected chi connectivity index (χ4v) is 2.25. The summed E-state index contributed by atoms with van der Waals surface area (Å²) in [6, 6.07) is 0. The minimum atomic E-state index is -0.0280. The standard InChI is InChI=1S/C10H22N2O/c1-4-12-10(8-11)5-6-13-9(2,3)7-10/h12H,4-8,11H2,1-3H3. The normalized spacial score (nSPS) is 33.2. The number of ether oxygens (including phenoxy) is 1. The first kappa shape index (κ1) is 11.0. The molecule has 0 aromatic heterocycles. The SMILES string of the molecule is CCNC1(CN)CCOC(C)(C)C1. The van der Waals surface area contributed by atoms with Gasteiger partial charge in [0.1, 0.15) is 0 Å². The number of hydrogen-bond donors (Lipinski definition) is 2. The Balaban J connectivity index is 2.64. The zero-order valence-electron chi connectivity index (χ0n) is 9.02. The molecule has 1 saturated heterocycles. The van der Waals surface area contributed by atoms with Gasteiger partial charge in [-0.3, -0.25) is 0 Å². The van der Waals surface area contributed by atoms with E-state index in [0.29, 0.717) is 6.54 Å². The molecular weight excluding hydrogens is 164 g/mol. The molecule has 0 spiro atoms. The molecule has 3 heteroatoms. The molecule has 0 amide bonds. The van der Waals surface area contributed by atoms with E-state index in [1.165, 1.54) is 0 Å². The summed E-state index contributed by atoms with van der Waals surface area (Å²) in [5.74, 6) is 0. The molecule has 3 N–H and O–H groups in total. The first-order chi connectivity index (χ1) is 6.04. The maximum atomic E-state index is 5.83. The lowest BCUT2D eigenvalue weighted by atomic mass is 9.81. The van der Waals surface area contributed by atoms with Crippen LogP contribution >= 0.6 is 0 Å². The van der Waals surface area contributed by atoms with Crippen LogP contribution in [0.4, 0.5) is 0 Å². The third-order valence-corrected chi connectivity index (χ3v) is 2.78. The molecule has 78 valence electrons. The van der Waals surface area contributed by atoms with Gasteiger partial charge in [0.15, 0.2) is 0 Å². The van der Waals surface area contributed by atoms with E-state index in [1.807, 2.05) is 0 Å². The number of likely N-dealkylation sites (N-methyl/N-ethyl adjacent to an activating group) is 1. The summed E-state index contributed by atoms with van der Waals surface area (Å²) in [5, 5.41) is 3.50. The minimum Gasteiger partial charge on any atom is -0.375 e. The molecule has 13 heavy (non-hydrogen) atoms. The fraction of sp³-hybridized carbons (Fsp3) is 1.00. The average Bonchev–Trinajstić information content (AvgIpc) is 2.03. The van der Waals surface area contributed by atoms with E-state index < -0.39 is 0 Å². The molecule has 3 nitrogen and oxygen atoms in total. The predicted molar refractivity (Wildman–Crippen MR) is 54.7 cm³/mol. The summed E-state index contributed by atoms with van der Waals surface area (Å²) >= 11 is 0. The topological polar surface area (TPSA) is 47.3 Å². The molecule has 0 radical (unpaired) electrons. The Kier molecular flexibility index (Phi) is 3.33. The van der Waals surface area contributed by atoms with Gasteiger partial charge in [-0.05, 0) is 33.2 Å². The quantitative estimate of drug-likeness (QED) is 0.688. The van der Waals surface area contributed by atoms with E-state index >= 15 is 0 Å². The van der Waals surface area contributed by atoms with Crippen molar-refractivity contribution >= 4 is 0 Å². The van der Waals surface area contributed by atoms with Crippen LogP contribution in [-0.4, -0.2) is 30.8 Å². The molecule has 0 aliphatic carbocycles. The Morgan fingerprint density at radius 3 is 2.62 bits per heavy atom. The Morgan fingerprint density at radius 1 is 1.46 bits per heavy atom. The maximum absolute atomic E-state index is 5.83. The highest BCUT2D eigenvalue weighted by Crippen LogP contribution is 2.31. The van der Waals surface area contributed by atoms with Crippen LogP contribution in [0.3, 0.4) is 0 Å². The van der Waals surface area contributed by atoms with Crippen LogP contribution in [0, 0.1) is 0 Å². The van der Waals surface area contributed by atoms with Crippen molar-refractivity contribution in [2.75, 3.05) is 19.7 Å². The van der Waals surface area contributed by atoms with E-state index in [0.717, 1.165) is 26.0 Å². The molecule has 1 rings (SSSR count). The van der Waals surface area contributed by atoms with Gasteiger partial charge in [0.25, 0.3) is 0 Å². The smallest absolute Gasteiger partial charge is 0.0644 e. The third-order valence-electron chi connectivity index (χ3n) is 2.78. The third kappa shape index (κ3) is 2.66. The monoisotopic (exact) mass is 186 g/mol. The van der Waals surface area contributed by atoms with Crippen molar-refractivity contribution in [3.05, 3.63) is 0 Å². The molecule has 1 aliphatic rings. The second kappa shape index (κ2) is 3.95. The van der Waals surface area contributed by atoms with Gasteiger partial charge in [-0.1, -0.05) is 6.92 Å². The molecule has 1 fully saturated rings. The predicted octanol–water partition coefficient (Wildman–Crippen LogP) is 0.882. The van der Waals surface area contributed by atoms with Crippen LogP contribution < -0.4 is 11.1 Å². The lowest BCUT2D eigenvalue weighted by molar-refractivity contribution is -0.0853. The van der Waals surface area contributed by atoms with Crippen molar-refractivity contribution in [2.24, 2.45) is 5.73 Å². The lowest BCUT2D eigenvalue weighted by Crippen LogP contribution is -2.58. The molecule has 0 aromatic rings. The number of nitrogens with one attached hydrogen (secondary N) is 1. The van der Waals surface area contributed by atoms with E-state index in [1.54, 1.807) is 0 Å². The van der Waals surface area contributed by atoms with Gasteiger partial charge >= 0.3 is 0 Å². The molecular formula is C10H22N2O. The van der Waals surface area contributed by atoms with Gasteiger partial charge in [0.05, 0.1) is 5.60 Å². The van der Waals surface area contributed by atoms with Crippen molar-refractivity contribution in [3.8, 4) is 0 Å². The summed E-state index contributed by atoms with van der Waals surface area (Å²) < 4.78 is 5.67. The second-order valence-corrected chi connectivity index (χ2v) is 4.55. The molecule has 1 unspecified atom stereocenters. The molecule has 0 saturated carbocycles. The molecule has 1 aliphatic heterocycles. The van der Waals surface area contributed by atoms with Crippen LogP contribution in [-0.2, 0) is 4.74 Å². The molecule has 0 aromatic carbocycles. The Hall–Kier alpha value is -0.120. The van der Waals surface area contributed by atoms with Crippen molar-refractivity contribution in [3.63, 3.8) is 0 Å². The van der Waals surface area contributed by atoms with E-state index in [2.05, 4.69) is 26.1 Å². The van der Waals surface area contributed by atoms with Crippen LogP contribution in [0.1, 0.15) is 33.6 Å². The van der Waals surface area contributed by atoms with Crippen LogP contribution in [0.5, 0.6) is 0 Å². The van der Waals surface area contributed by atoms with Crippen LogP contribution in [0.2, 0.25) is 0 Å². The Labute approximate surface area is 81.0 Å². The largest absolute Gasteiger partial charge is 0.375 e. The molecule has 1 atom stereocenters. The zero-order valence-corrected chi connectivity index (χ0v) is 9.02. The first-order valence-electron chi connectivity index (χ1n) is 5.13. The summed E-state index contributed by atoms with van der Waals surface area (Å²) in [6.45, 7) is 8.89. The lowest BCUT2D eigenvalue weighted by Gasteiger charge is -2.44. The summed E-state index contributed by atoms with van der Waals surface area (Å²) in [6.07, 6.45) is 2.03. The maximum Gasteiger partial charge on any atom is 0.0644 e. The van der Waals surface area contributed by atoms with E-state index in [-0.39, 0.29) is 11.1 Å². The number of hydrogen-bond acceptors (Lipinski definition) is 3. The molecule has 1 heterocycles. The van der Waals surface area contributed by atoms with Crippen LogP contribution in [0.15, 0.2) is 0 Å². The van der Waals surface area contributed by atoms with Gasteiger partial charge in [0, 0.05) is 18.7 Å². The van der Waals surface area contributed by atoms with Crippen molar-refractivity contribution in [2.45, 2.75) is 44.8 Å². The van der Waals surface area contributed by atoms with Crippen molar-refractivity contribution in [1.82, 2.24) is 5.32 Å². The number of nitrogens with two attached hydrogens (primary N) is 1. The van der Waals surface area contributed by atoms with Crippen LogP contribution in [0.25, 0.3) is 0 Å². The summed E-state index contributed by atoms with van der Waals surface area (Å²) in [4.78, 5) is 0. The van der Waals surface area contributed by atoms with Gasteiger partial charge < -0.3 is 15.8 Å². The fourth-order valence-electron chi connectivity index (χ4n) is 2.25. The van der Waals surface area contributed by atoms with Crippen molar-refractivity contribution in [1.29, 1.82) is 0 Å². The molecule has 0 bridgehead atoms. The highest BCUT2D eigenvalue weighted by Gasteiger charge is 2.39. The summed E-state index contributed by atoms with van der Waals surface area (Å²) in [7, 11) is 0. The average molecular weight is 186 g/mol. The van der Waals surface area contributed by atoms with Gasteiger partial charge in [0.2, 0.25) is 0 Å². The van der Waals surface area contributed by atoms with E-state index in [4.69, 9.17) is 10.5 Å². The minimum absolute atomic E-state index is 0.0280. The van der Waals surface area contributed by atoms with Gasteiger partial charge in [-0.2, -0.15) is 0 Å². The Bertz CT molecular complexity index is 166. The second-order valence-electron chi connectivity index (χ2n) is 4.55. The van der Waals surface area contributed by atoms with Crippen molar-refractivity contribution < 1.29 is 4.74 Å². The number of rotatable bonds is 3. The zero-order chi connectivity index (χ0) is 9.95. The van der Waals surface area contributed by atoms with E-state index in [9.17, 15) is 0 Å². The van der Waals surface area contributed by atoms with Gasteiger partial charge in [-0.25, -0.2) is 0 Å². The Morgan fingerprint density at radius 2 is 2.15 bits per heavy atom. The summed E-state index contributed by atoms with van der Waals surface area (Å²) in [5.41, 5.74) is 5.91. The highest BCUT2D eigenvalue weighted by molar-refractivity contribution is 4.97.